The summed E-state index contributed by atoms with van der Waals surface area (Å²) in [5, 5.41) is 7.81. The second-order valence-electron chi connectivity index (χ2n) is 4.19. The molecule has 1 heterocycles. The molecule has 2 aromatic rings. The molecule has 0 saturated carbocycles. The van der Waals surface area contributed by atoms with Crippen molar-refractivity contribution in [1.82, 2.24) is 9.78 Å². The number of nitrogens with two attached hydrogens (primary N) is 1. The highest BCUT2D eigenvalue weighted by Crippen LogP contribution is 2.28. The number of nitrogens with one attached hydrogen (secondary N) is 1. The van der Waals surface area contributed by atoms with Gasteiger partial charge in [0.1, 0.15) is 0 Å². The summed E-state index contributed by atoms with van der Waals surface area (Å²) in [4.78, 5) is 0. The number of rotatable bonds is 4. The fraction of sp³-hybridized carbons (Fsp3) is 0.308. The number of nitrogen functional groups attached to an aromatic ring is 1. The van der Waals surface area contributed by atoms with Gasteiger partial charge in [-0.3, -0.25) is 4.68 Å². The van der Waals surface area contributed by atoms with E-state index < -0.39 is 0 Å². The van der Waals surface area contributed by atoms with Gasteiger partial charge < -0.3 is 11.1 Å². The van der Waals surface area contributed by atoms with Crippen molar-refractivity contribution in [1.29, 1.82) is 0 Å². The molecule has 0 aliphatic carbocycles. The van der Waals surface area contributed by atoms with Crippen molar-refractivity contribution in [3.63, 3.8) is 0 Å². The summed E-state index contributed by atoms with van der Waals surface area (Å²) in [6.45, 7) is 2.13. The van der Waals surface area contributed by atoms with Crippen molar-refractivity contribution < 1.29 is 0 Å². The first kappa shape index (κ1) is 13.2. The molecule has 18 heavy (non-hydrogen) atoms. The van der Waals surface area contributed by atoms with E-state index in [-0.39, 0.29) is 0 Å². The molecule has 1 aromatic heterocycles. The Balaban J connectivity index is 2.32. The average Bonchev–Trinajstić information content (AvgIpc) is 2.60. The van der Waals surface area contributed by atoms with E-state index >= 15 is 0 Å². The van der Waals surface area contributed by atoms with E-state index in [0.717, 1.165) is 39.3 Å². The third-order valence-electron chi connectivity index (χ3n) is 2.77. The van der Waals surface area contributed by atoms with Crippen LogP contribution in [0.1, 0.15) is 19.0 Å². The van der Waals surface area contributed by atoms with Gasteiger partial charge in [-0.05, 0) is 41.1 Å². The topological polar surface area (TPSA) is 55.9 Å². The molecule has 96 valence electrons. The predicted octanol–water partition coefficient (Wildman–Crippen LogP) is 3.30. The predicted molar refractivity (Wildman–Crippen MR) is 84.1 cm³/mol. The van der Waals surface area contributed by atoms with Crippen LogP contribution in [0.3, 0.4) is 0 Å². The normalized spacial score (nSPS) is 10.6. The molecule has 0 atom stereocenters. The second kappa shape index (κ2) is 5.60. The van der Waals surface area contributed by atoms with Crippen LogP contribution in [0.25, 0.3) is 0 Å². The molecule has 0 bridgehead atoms. The lowest BCUT2D eigenvalue weighted by molar-refractivity contribution is 0.740. The molecule has 4 nitrogen and oxygen atoms in total. The Labute approximate surface area is 121 Å². The van der Waals surface area contributed by atoms with Crippen molar-refractivity contribution in [2.75, 3.05) is 11.1 Å². The Kier molecular flexibility index (Phi) is 4.11. The van der Waals surface area contributed by atoms with Crippen LogP contribution < -0.4 is 11.1 Å². The lowest BCUT2D eigenvalue weighted by Crippen LogP contribution is -2.02. The molecule has 1 aromatic carbocycles. The van der Waals surface area contributed by atoms with Crippen molar-refractivity contribution in [2.24, 2.45) is 7.05 Å². The van der Waals surface area contributed by atoms with Gasteiger partial charge >= 0.3 is 0 Å². The summed E-state index contributed by atoms with van der Waals surface area (Å²) in [5.41, 5.74) is 8.91. The van der Waals surface area contributed by atoms with E-state index in [4.69, 9.17) is 5.73 Å². The maximum absolute atomic E-state index is 6.14. The van der Waals surface area contributed by atoms with E-state index in [2.05, 4.69) is 46.0 Å². The highest BCUT2D eigenvalue weighted by molar-refractivity contribution is 14.1. The first-order chi connectivity index (χ1) is 8.63. The summed E-state index contributed by atoms with van der Waals surface area (Å²) >= 11 is 2.30. The SMILES string of the molecule is CCCc1nn(C)c(Nc2ccccc2I)c1N. The van der Waals surface area contributed by atoms with Crippen LogP contribution >= 0.6 is 22.6 Å². The Morgan fingerprint density at radius 2 is 2.11 bits per heavy atom. The van der Waals surface area contributed by atoms with Crippen LogP contribution in [-0.4, -0.2) is 9.78 Å². The maximum Gasteiger partial charge on any atom is 0.152 e. The second-order valence-corrected chi connectivity index (χ2v) is 5.35. The first-order valence-electron chi connectivity index (χ1n) is 5.96. The third kappa shape index (κ3) is 2.60. The van der Waals surface area contributed by atoms with Gasteiger partial charge in [0.05, 0.1) is 17.1 Å². The number of hydrogen-bond acceptors (Lipinski definition) is 3. The maximum atomic E-state index is 6.14. The molecular weight excluding hydrogens is 339 g/mol. The van der Waals surface area contributed by atoms with Gasteiger partial charge in [0.15, 0.2) is 5.82 Å². The molecular formula is C13H17IN4. The zero-order valence-corrected chi connectivity index (χ0v) is 12.7. The fourth-order valence-corrected chi connectivity index (χ4v) is 2.38. The molecule has 2 rings (SSSR count). The van der Waals surface area contributed by atoms with E-state index in [1.54, 1.807) is 0 Å². The number of para-hydroxylation sites is 1. The minimum atomic E-state index is 0.749. The van der Waals surface area contributed by atoms with Crippen LogP contribution in [-0.2, 0) is 13.5 Å². The number of aryl methyl sites for hydroxylation is 2. The molecule has 0 fully saturated rings. The van der Waals surface area contributed by atoms with Crippen molar-refractivity contribution in [2.45, 2.75) is 19.8 Å². The zero-order chi connectivity index (χ0) is 13.1. The Morgan fingerprint density at radius 3 is 2.78 bits per heavy atom. The number of anilines is 3. The summed E-state index contributed by atoms with van der Waals surface area (Å²) in [5.74, 6) is 0.863. The number of nitrogens with zero attached hydrogens (tertiary/aromatic N) is 2. The van der Waals surface area contributed by atoms with Crippen LogP contribution in [0.5, 0.6) is 0 Å². The number of aromatic nitrogens is 2. The fourth-order valence-electron chi connectivity index (χ4n) is 1.86. The molecule has 0 aliphatic heterocycles. The standard InChI is InChI=1S/C13H17IN4/c1-3-6-11-12(15)13(18(2)17-11)16-10-8-5-4-7-9(10)14/h4-5,7-8,16H,3,6,15H2,1-2H3. The van der Waals surface area contributed by atoms with Gasteiger partial charge in [0, 0.05) is 10.6 Å². The molecule has 0 amide bonds. The lowest BCUT2D eigenvalue weighted by Gasteiger charge is -2.09. The van der Waals surface area contributed by atoms with E-state index in [0.29, 0.717) is 0 Å². The zero-order valence-electron chi connectivity index (χ0n) is 10.6. The minimum absolute atomic E-state index is 0.749. The molecule has 0 unspecified atom stereocenters. The molecule has 0 spiro atoms. The first-order valence-corrected chi connectivity index (χ1v) is 7.04. The summed E-state index contributed by atoms with van der Waals surface area (Å²) in [6, 6.07) is 8.11. The highest BCUT2D eigenvalue weighted by atomic mass is 127. The van der Waals surface area contributed by atoms with E-state index in [1.165, 1.54) is 0 Å². The van der Waals surface area contributed by atoms with E-state index in [9.17, 15) is 0 Å². The highest BCUT2D eigenvalue weighted by Gasteiger charge is 2.13. The van der Waals surface area contributed by atoms with Crippen molar-refractivity contribution in [3.05, 3.63) is 33.5 Å². The van der Waals surface area contributed by atoms with Gasteiger partial charge in [-0.2, -0.15) is 5.10 Å². The van der Waals surface area contributed by atoms with Crippen LogP contribution in [0, 0.1) is 3.57 Å². The summed E-state index contributed by atoms with van der Waals surface area (Å²) in [7, 11) is 1.91. The van der Waals surface area contributed by atoms with Crippen LogP contribution in [0.15, 0.2) is 24.3 Å². The van der Waals surface area contributed by atoms with Crippen LogP contribution in [0.4, 0.5) is 17.2 Å². The number of benzene rings is 1. The lowest BCUT2D eigenvalue weighted by atomic mass is 10.2. The quantitative estimate of drug-likeness (QED) is 0.827. The Bertz CT molecular complexity index is 548. The Hall–Kier alpha value is -1.24. The third-order valence-corrected chi connectivity index (χ3v) is 3.71. The van der Waals surface area contributed by atoms with E-state index in [1.807, 2.05) is 29.9 Å². The van der Waals surface area contributed by atoms with Gasteiger partial charge in [-0.15, -0.1) is 0 Å². The molecule has 0 saturated heterocycles. The number of halogens is 1. The minimum Gasteiger partial charge on any atom is -0.394 e. The average molecular weight is 356 g/mol. The summed E-state index contributed by atoms with van der Waals surface area (Å²) in [6.07, 6.45) is 1.96. The Morgan fingerprint density at radius 1 is 1.39 bits per heavy atom. The molecule has 0 aliphatic rings. The monoisotopic (exact) mass is 356 g/mol. The van der Waals surface area contributed by atoms with Crippen molar-refractivity contribution in [3.8, 4) is 0 Å². The van der Waals surface area contributed by atoms with Gasteiger partial charge in [0.2, 0.25) is 0 Å². The van der Waals surface area contributed by atoms with Crippen LogP contribution in [0.2, 0.25) is 0 Å². The summed E-state index contributed by atoms with van der Waals surface area (Å²) < 4.78 is 2.97. The van der Waals surface area contributed by atoms with Crippen molar-refractivity contribution >= 4 is 39.8 Å². The van der Waals surface area contributed by atoms with Gasteiger partial charge in [-0.1, -0.05) is 25.5 Å². The molecule has 3 N–H and O–H groups in total. The smallest absolute Gasteiger partial charge is 0.152 e. The van der Waals surface area contributed by atoms with Gasteiger partial charge in [0.25, 0.3) is 0 Å². The largest absolute Gasteiger partial charge is 0.394 e. The molecule has 0 radical (unpaired) electrons. The molecule has 5 heteroatoms. The van der Waals surface area contributed by atoms with Gasteiger partial charge in [-0.25, -0.2) is 0 Å². The number of hydrogen-bond donors (Lipinski definition) is 2.